The largest absolute Gasteiger partial charge is 0.340 e. The fourth-order valence-electron chi connectivity index (χ4n) is 4.33. The standard InChI is InChI=1S/C19H23N5O4/c25-15-10-21-18(28)24(15)12-16(26)23-8-5-19(13-23)4-2-7-22(17(19)27)11-14-3-1-6-20-9-14/h1,3,6,9H,2,4-5,7-8,10-13H2,(H,21,28). The average molecular weight is 385 g/mol. The minimum atomic E-state index is -0.562. The molecule has 0 bridgehead atoms. The third-order valence-corrected chi connectivity index (χ3v) is 5.86. The number of aromatic nitrogens is 1. The number of hydrogen-bond acceptors (Lipinski definition) is 5. The Bertz CT molecular complexity index is 798. The highest BCUT2D eigenvalue weighted by Gasteiger charge is 2.49. The van der Waals surface area contributed by atoms with Crippen LogP contribution in [0.15, 0.2) is 24.5 Å². The van der Waals surface area contributed by atoms with Gasteiger partial charge in [0.25, 0.3) is 5.91 Å². The predicted molar refractivity (Wildman–Crippen MR) is 97.6 cm³/mol. The van der Waals surface area contributed by atoms with Crippen LogP contribution in [-0.4, -0.2) is 76.2 Å². The Hall–Kier alpha value is -2.97. The zero-order valence-corrected chi connectivity index (χ0v) is 15.6. The topological polar surface area (TPSA) is 103 Å². The lowest BCUT2D eigenvalue weighted by molar-refractivity contribution is -0.147. The molecule has 28 heavy (non-hydrogen) atoms. The summed E-state index contributed by atoms with van der Waals surface area (Å²) in [5.74, 6) is -0.615. The van der Waals surface area contributed by atoms with Gasteiger partial charge in [0, 0.05) is 38.6 Å². The second-order valence-corrected chi connectivity index (χ2v) is 7.68. The molecule has 3 saturated heterocycles. The molecule has 9 nitrogen and oxygen atoms in total. The number of hydrogen-bond donors (Lipinski definition) is 1. The predicted octanol–water partition coefficient (Wildman–Crippen LogP) is -0.0255. The van der Waals surface area contributed by atoms with Crippen LogP contribution >= 0.6 is 0 Å². The Kier molecular flexibility index (Phi) is 4.74. The number of piperidine rings is 1. The Morgan fingerprint density at radius 2 is 2.07 bits per heavy atom. The van der Waals surface area contributed by atoms with Crippen LogP contribution in [-0.2, 0) is 20.9 Å². The second kappa shape index (κ2) is 7.21. The van der Waals surface area contributed by atoms with Crippen LogP contribution in [0.1, 0.15) is 24.8 Å². The van der Waals surface area contributed by atoms with Gasteiger partial charge in [-0.2, -0.15) is 0 Å². The van der Waals surface area contributed by atoms with Gasteiger partial charge in [0.1, 0.15) is 6.54 Å². The molecule has 148 valence electrons. The van der Waals surface area contributed by atoms with E-state index in [0.29, 0.717) is 32.6 Å². The van der Waals surface area contributed by atoms with Crippen molar-refractivity contribution in [2.24, 2.45) is 5.41 Å². The van der Waals surface area contributed by atoms with Gasteiger partial charge in [0.2, 0.25) is 11.8 Å². The highest BCUT2D eigenvalue weighted by molar-refractivity contribution is 6.04. The molecule has 3 aliphatic heterocycles. The van der Waals surface area contributed by atoms with Crippen molar-refractivity contribution in [2.75, 3.05) is 32.7 Å². The maximum Gasteiger partial charge on any atom is 0.325 e. The molecule has 3 fully saturated rings. The third-order valence-electron chi connectivity index (χ3n) is 5.86. The van der Waals surface area contributed by atoms with E-state index in [1.807, 2.05) is 17.0 Å². The Balaban J connectivity index is 1.41. The van der Waals surface area contributed by atoms with Crippen LogP contribution in [0.3, 0.4) is 0 Å². The molecule has 4 heterocycles. The van der Waals surface area contributed by atoms with Crippen LogP contribution < -0.4 is 5.32 Å². The highest BCUT2D eigenvalue weighted by Crippen LogP contribution is 2.40. The van der Waals surface area contributed by atoms with Gasteiger partial charge in [-0.15, -0.1) is 0 Å². The fraction of sp³-hybridized carbons (Fsp3) is 0.526. The summed E-state index contributed by atoms with van der Waals surface area (Å²) in [7, 11) is 0. The van der Waals surface area contributed by atoms with Crippen LogP contribution in [0.25, 0.3) is 0 Å². The summed E-state index contributed by atoms with van der Waals surface area (Å²) in [5, 5.41) is 2.41. The number of imide groups is 1. The molecule has 1 atom stereocenters. The van der Waals surface area contributed by atoms with Crippen molar-refractivity contribution < 1.29 is 19.2 Å². The summed E-state index contributed by atoms with van der Waals surface area (Å²) in [6, 6.07) is 3.26. The molecule has 0 saturated carbocycles. The van der Waals surface area contributed by atoms with Crippen LogP contribution in [0, 0.1) is 5.41 Å². The summed E-state index contributed by atoms with van der Waals surface area (Å²) in [5.41, 5.74) is 0.422. The van der Waals surface area contributed by atoms with Gasteiger partial charge in [0.05, 0.1) is 12.0 Å². The summed E-state index contributed by atoms with van der Waals surface area (Å²) in [6.07, 6.45) is 5.72. The molecular formula is C19H23N5O4. The number of amides is 5. The van der Waals surface area contributed by atoms with Gasteiger partial charge < -0.3 is 15.1 Å². The van der Waals surface area contributed by atoms with Gasteiger partial charge in [-0.1, -0.05) is 6.07 Å². The van der Waals surface area contributed by atoms with E-state index >= 15 is 0 Å². The van der Waals surface area contributed by atoms with E-state index in [0.717, 1.165) is 23.3 Å². The normalized spacial score (nSPS) is 25.0. The Morgan fingerprint density at radius 1 is 1.21 bits per heavy atom. The first kappa shape index (κ1) is 18.4. The number of urea groups is 1. The van der Waals surface area contributed by atoms with Crippen LogP contribution in [0.4, 0.5) is 4.79 Å². The third kappa shape index (κ3) is 3.32. The summed E-state index contributed by atoms with van der Waals surface area (Å²) in [4.78, 5) is 57.7. The monoisotopic (exact) mass is 385 g/mol. The first-order valence-corrected chi connectivity index (χ1v) is 9.53. The first-order chi connectivity index (χ1) is 13.5. The quantitative estimate of drug-likeness (QED) is 0.734. The minimum Gasteiger partial charge on any atom is -0.340 e. The van der Waals surface area contributed by atoms with Crippen molar-refractivity contribution in [2.45, 2.75) is 25.8 Å². The van der Waals surface area contributed by atoms with E-state index in [2.05, 4.69) is 10.3 Å². The van der Waals surface area contributed by atoms with Crippen LogP contribution in [0.2, 0.25) is 0 Å². The molecule has 9 heteroatoms. The van der Waals surface area contributed by atoms with Gasteiger partial charge >= 0.3 is 6.03 Å². The van der Waals surface area contributed by atoms with E-state index in [1.165, 1.54) is 0 Å². The maximum absolute atomic E-state index is 13.2. The number of likely N-dealkylation sites (tertiary alicyclic amines) is 2. The molecular weight excluding hydrogens is 362 g/mol. The molecule has 3 aliphatic rings. The van der Waals surface area contributed by atoms with Crippen molar-refractivity contribution in [1.82, 2.24) is 25.0 Å². The van der Waals surface area contributed by atoms with E-state index in [1.54, 1.807) is 17.3 Å². The van der Waals surface area contributed by atoms with E-state index in [-0.39, 0.29) is 24.9 Å². The van der Waals surface area contributed by atoms with E-state index in [4.69, 9.17) is 0 Å². The SMILES string of the molecule is O=C(CN1C(=O)CNC1=O)N1CCC2(CCCN(Cc3cccnc3)C2=O)C1. The lowest BCUT2D eigenvalue weighted by Crippen LogP contribution is -2.50. The fourth-order valence-corrected chi connectivity index (χ4v) is 4.33. The molecule has 0 aliphatic carbocycles. The van der Waals surface area contributed by atoms with Crippen molar-refractivity contribution in [3.05, 3.63) is 30.1 Å². The number of pyridine rings is 1. The van der Waals surface area contributed by atoms with Gasteiger partial charge in [-0.3, -0.25) is 24.3 Å². The number of carbonyl (C=O) groups is 4. The molecule has 1 spiro atoms. The van der Waals surface area contributed by atoms with Crippen molar-refractivity contribution in [3.63, 3.8) is 0 Å². The molecule has 1 aromatic heterocycles. The average Bonchev–Trinajstić information content (AvgIpc) is 3.26. The molecule has 0 aromatic carbocycles. The lowest BCUT2D eigenvalue weighted by Gasteiger charge is -2.39. The zero-order chi connectivity index (χ0) is 19.7. The molecule has 1 unspecified atom stereocenters. The Morgan fingerprint density at radius 3 is 2.79 bits per heavy atom. The minimum absolute atomic E-state index is 0.0716. The summed E-state index contributed by atoms with van der Waals surface area (Å²) < 4.78 is 0. The zero-order valence-electron chi connectivity index (χ0n) is 15.6. The van der Waals surface area contributed by atoms with Crippen molar-refractivity contribution in [3.8, 4) is 0 Å². The van der Waals surface area contributed by atoms with Gasteiger partial charge in [-0.25, -0.2) is 4.79 Å². The Labute approximate surface area is 162 Å². The molecule has 1 N–H and O–H groups in total. The summed E-state index contributed by atoms with van der Waals surface area (Å²) in [6.45, 7) is 1.69. The van der Waals surface area contributed by atoms with Gasteiger partial charge in [-0.05, 0) is 30.9 Å². The number of rotatable bonds is 4. The van der Waals surface area contributed by atoms with Crippen molar-refractivity contribution >= 4 is 23.8 Å². The molecule has 1 aromatic rings. The summed E-state index contributed by atoms with van der Waals surface area (Å²) >= 11 is 0. The number of nitrogens with zero attached hydrogens (tertiary/aromatic N) is 4. The second-order valence-electron chi connectivity index (χ2n) is 7.68. The first-order valence-electron chi connectivity index (χ1n) is 9.53. The molecule has 4 rings (SSSR count). The highest BCUT2D eigenvalue weighted by atomic mass is 16.2. The maximum atomic E-state index is 13.2. The smallest absolute Gasteiger partial charge is 0.325 e. The molecule has 5 amide bonds. The number of carbonyl (C=O) groups excluding carboxylic acids is 4. The molecule has 0 radical (unpaired) electrons. The van der Waals surface area contributed by atoms with E-state index in [9.17, 15) is 19.2 Å². The number of nitrogens with one attached hydrogen (secondary N) is 1. The van der Waals surface area contributed by atoms with Crippen molar-refractivity contribution in [1.29, 1.82) is 0 Å². The van der Waals surface area contributed by atoms with Crippen LogP contribution in [0.5, 0.6) is 0 Å². The lowest BCUT2D eigenvalue weighted by atomic mass is 9.78. The van der Waals surface area contributed by atoms with E-state index < -0.39 is 17.4 Å². The van der Waals surface area contributed by atoms with Gasteiger partial charge in [0.15, 0.2) is 0 Å².